The molecular formula is C11H10F2O2. The van der Waals surface area contributed by atoms with E-state index in [4.69, 9.17) is 5.11 Å². The third-order valence-electron chi connectivity index (χ3n) is 2.87. The van der Waals surface area contributed by atoms with Crippen LogP contribution in [0, 0.1) is 17.0 Å². The molecule has 0 saturated heterocycles. The topological polar surface area (TPSA) is 37.3 Å². The second kappa shape index (κ2) is 3.29. The highest BCUT2D eigenvalue weighted by Crippen LogP contribution is 2.48. The highest BCUT2D eigenvalue weighted by molar-refractivity contribution is 5.78. The predicted octanol–water partition coefficient (Wildman–Crippen LogP) is 2.37. The quantitative estimate of drug-likeness (QED) is 0.835. The molecule has 0 amide bonds. The third-order valence-corrected chi connectivity index (χ3v) is 2.87. The molecule has 0 heterocycles. The summed E-state index contributed by atoms with van der Waals surface area (Å²) in [5.74, 6) is -2.77. The summed E-state index contributed by atoms with van der Waals surface area (Å²) in [6.07, 6.45) is 1.16. The van der Waals surface area contributed by atoms with Gasteiger partial charge in [-0.25, -0.2) is 8.78 Å². The fraction of sp³-hybridized carbons (Fsp3) is 0.364. The zero-order chi connectivity index (χ0) is 11.1. The van der Waals surface area contributed by atoms with Crippen LogP contribution in [0.15, 0.2) is 18.2 Å². The van der Waals surface area contributed by atoms with Crippen LogP contribution < -0.4 is 0 Å². The Morgan fingerprint density at radius 2 is 2.07 bits per heavy atom. The molecule has 1 saturated carbocycles. The van der Waals surface area contributed by atoms with Gasteiger partial charge in [-0.3, -0.25) is 4.79 Å². The number of carboxylic acids is 1. The molecule has 1 aliphatic carbocycles. The van der Waals surface area contributed by atoms with E-state index >= 15 is 0 Å². The summed E-state index contributed by atoms with van der Waals surface area (Å²) >= 11 is 0. The number of rotatable bonds is 3. The van der Waals surface area contributed by atoms with Crippen molar-refractivity contribution >= 4 is 5.97 Å². The van der Waals surface area contributed by atoms with Crippen LogP contribution in [-0.4, -0.2) is 11.1 Å². The van der Waals surface area contributed by atoms with Gasteiger partial charge in [-0.15, -0.1) is 0 Å². The fourth-order valence-corrected chi connectivity index (χ4v) is 1.67. The van der Waals surface area contributed by atoms with Crippen LogP contribution in [-0.2, 0) is 11.2 Å². The molecule has 1 aliphatic rings. The Labute approximate surface area is 85.5 Å². The van der Waals surface area contributed by atoms with Gasteiger partial charge in [0.1, 0.15) is 0 Å². The Bertz CT molecular complexity index is 411. The lowest BCUT2D eigenvalue weighted by Crippen LogP contribution is -2.18. The maximum absolute atomic E-state index is 13.3. The molecule has 0 unspecified atom stereocenters. The monoisotopic (exact) mass is 212 g/mol. The minimum absolute atomic E-state index is 0.0753. The first-order valence-corrected chi connectivity index (χ1v) is 4.71. The van der Waals surface area contributed by atoms with Gasteiger partial charge in [0, 0.05) is 0 Å². The molecule has 0 bridgehead atoms. The molecule has 0 aromatic heterocycles. The number of benzene rings is 1. The van der Waals surface area contributed by atoms with Gasteiger partial charge in [-0.05, 0) is 30.9 Å². The lowest BCUT2D eigenvalue weighted by molar-refractivity contribution is -0.143. The first-order chi connectivity index (χ1) is 7.05. The largest absolute Gasteiger partial charge is 0.481 e. The van der Waals surface area contributed by atoms with Gasteiger partial charge in [-0.2, -0.15) is 0 Å². The van der Waals surface area contributed by atoms with E-state index in [2.05, 4.69) is 0 Å². The summed E-state index contributed by atoms with van der Waals surface area (Å²) in [5, 5.41) is 8.91. The molecule has 0 atom stereocenters. The molecule has 1 aromatic carbocycles. The molecule has 1 fully saturated rings. The smallest absolute Gasteiger partial charge is 0.309 e. The third kappa shape index (κ3) is 1.71. The summed E-state index contributed by atoms with van der Waals surface area (Å²) in [4.78, 5) is 10.9. The summed E-state index contributed by atoms with van der Waals surface area (Å²) in [6.45, 7) is 0. The molecular weight excluding hydrogens is 202 g/mol. The van der Waals surface area contributed by atoms with E-state index in [1.54, 1.807) is 0 Å². The van der Waals surface area contributed by atoms with E-state index in [0.717, 1.165) is 6.07 Å². The van der Waals surface area contributed by atoms with Crippen molar-refractivity contribution in [3.05, 3.63) is 35.4 Å². The van der Waals surface area contributed by atoms with E-state index in [1.807, 2.05) is 0 Å². The minimum atomic E-state index is -0.926. The highest BCUT2D eigenvalue weighted by Gasteiger charge is 2.50. The Hall–Kier alpha value is -1.45. The van der Waals surface area contributed by atoms with Gasteiger partial charge < -0.3 is 5.11 Å². The van der Waals surface area contributed by atoms with E-state index in [-0.39, 0.29) is 12.0 Å². The molecule has 1 aromatic rings. The van der Waals surface area contributed by atoms with E-state index in [9.17, 15) is 13.6 Å². The average Bonchev–Trinajstić information content (AvgIpc) is 2.94. The summed E-state index contributed by atoms with van der Waals surface area (Å²) < 4.78 is 26.1. The number of aliphatic carboxylic acids is 1. The Morgan fingerprint density at radius 1 is 1.40 bits per heavy atom. The normalized spacial score (nSPS) is 17.5. The molecule has 2 nitrogen and oxygen atoms in total. The van der Waals surface area contributed by atoms with Gasteiger partial charge in [-0.1, -0.05) is 12.1 Å². The van der Waals surface area contributed by atoms with Gasteiger partial charge >= 0.3 is 5.97 Å². The molecule has 0 aliphatic heterocycles. The van der Waals surface area contributed by atoms with E-state index in [1.165, 1.54) is 12.1 Å². The van der Waals surface area contributed by atoms with Gasteiger partial charge in [0.25, 0.3) is 0 Å². The highest BCUT2D eigenvalue weighted by atomic mass is 19.2. The summed E-state index contributed by atoms with van der Waals surface area (Å²) in [7, 11) is 0. The van der Waals surface area contributed by atoms with Crippen LogP contribution in [0.25, 0.3) is 0 Å². The molecule has 1 N–H and O–H groups in total. The molecule has 2 rings (SSSR count). The van der Waals surface area contributed by atoms with Crippen molar-refractivity contribution in [1.29, 1.82) is 0 Å². The lowest BCUT2D eigenvalue weighted by Gasteiger charge is -2.10. The van der Waals surface area contributed by atoms with Crippen molar-refractivity contribution in [3.63, 3.8) is 0 Å². The van der Waals surface area contributed by atoms with Crippen LogP contribution in [0.5, 0.6) is 0 Å². The maximum atomic E-state index is 13.3. The van der Waals surface area contributed by atoms with Crippen molar-refractivity contribution in [2.75, 3.05) is 0 Å². The van der Waals surface area contributed by atoms with Crippen molar-refractivity contribution in [2.24, 2.45) is 5.41 Å². The van der Waals surface area contributed by atoms with Crippen molar-refractivity contribution < 1.29 is 18.7 Å². The molecule has 80 valence electrons. The van der Waals surface area contributed by atoms with Crippen LogP contribution in [0.2, 0.25) is 0 Å². The van der Waals surface area contributed by atoms with Crippen molar-refractivity contribution in [1.82, 2.24) is 0 Å². The van der Waals surface area contributed by atoms with Crippen molar-refractivity contribution in [3.8, 4) is 0 Å². The number of carbonyl (C=O) groups is 1. The molecule has 4 heteroatoms. The number of hydrogen-bond donors (Lipinski definition) is 1. The second-order valence-corrected chi connectivity index (χ2v) is 3.98. The minimum Gasteiger partial charge on any atom is -0.481 e. The molecule has 0 spiro atoms. The summed E-state index contributed by atoms with van der Waals surface area (Å²) in [5.41, 5.74) is -0.704. The van der Waals surface area contributed by atoms with Crippen LogP contribution >= 0.6 is 0 Å². The van der Waals surface area contributed by atoms with Gasteiger partial charge in [0.15, 0.2) is 11.6 Å². The Kier molecular flexibility index (Phi) is 2.21. The number of hydrogen-bond acceptors (Lipinski definition) is 1. The van der Waals surface area contributed by atoms with Crippen LogP contribution in [0.4, 0.5) is 8.78 Å². The molecule has 15 heavy (non-hydrogen) atoms. The standard InChI is InChI=1S/C11H10F2O2/c12-8-3-1-2-7(9(8)13)6-11(4-5-11)10(14)15/h1-3H,4-6H2,(H,14,15). The zero-order valence-electron chi connectivity index (χ0n) is 7.96. The number of halogens is 2. The Morgan fingerprint density at radius 3 is 2.60 bits per heavy atom. The van der Waals surface area contributed by atoms with E-state index < -0.39 is 23.0 Å². The van der Waals surface area contributed by atoms with Gasteiger partial charge in [0.2, 0.25) is 0 Å². The molecule has 0 radical (unpaired) electrons. The first-order valence-electron chi connectivity index (χ1n) is 4.71. The van der Waals surface area contributed by atoms with Crippen LogP contribution in [0.3, 0.4) is 0 Å². The fourth-order valence-electron chi connectivity index (χ4n) is 1.67. The van der Waals surface area contributed by atoms with Crippen LogP contribution in [0.1, 0.15) is 18.4 Å². The maximum Gasteiger partial charge on any atom is 0.309 e. The zero-order valence-corrected chi connectivity index (χ0v) is 7.96. The Balaban J connectivity index is 2.25. The average molecular weight is 212 g/mol. The van der Waals surface area contributed by atoms with Gasteiger partial charge in [0.05, 0.1) is 5.41 Å². The predicted molar refractivity (Wildman–Crippen MR) is 49.4 cm³/mol. The van der Waals surface area contributed by atoms with E-state index in [0.29, 0.717) is 12.8 Å². The SMILES string of the molecule is O=C(O)C1(Cc2cccc(F)c2F)CC1. The number of carboxylic acid groups (broad SMARTS) is 1. The second-order valence-electron chi connectivity index (χ2n) is 3.98. The lowest BCUT2D eigenvalue weighted by atomic mass is 9.96. The first kappa shape index (κ1) is 10.1. The van der Waals surface area contributed by atoms with Crippen molar-refractivity contribution in [2.45, 2.75) is 19.3 Å². The summed E-state index contributed by atoms with van der Waals surface area (Å²) in [6, 6.07) is 3.85.